The summed E-state index contributed by atoms with van der Waals surface area (Å²) in [7, 11) is 2.20. The van der Waals surface area contributed by atoms with E-state index in [2.05, 4.69) is 29.4 Å². The normalized spacial score (nSPS) is 23.2. The van der Waals surface area contributed by atoms with Crippen LogP contribution in [-0.4, -0.2) is 53.1 Å². The zero-order valence-electron chi connectivity index (χ0n) is 17.1. The van der Waals surface area contributed by atoms with Crippen LogP contribution >= 0.6 is 0 Å². The van der Waals surface area contributed by atoms with Crippen molar-refractivity contribution in [2.24, 2.45) is 5.41 Å². The molecule has 1 unspecified atom stereocenters. The van der Waals surface area contributed by atoms with Crippen LogP contribution in [0.3, 0.4) is 0 Å². The maximum atomic E-state index is 12.5. The summed E-state index contributed by atoms with van der Waals surface area (Å²) in [6.45, 7) is 3.81. The number of amides is 2. The number of hydrogen-bond acceptors (Lipinski definition) is 3. The second-order valence-corrected chi connectivity index (χ2v) is 8.67. The fraction of sp³-hybridized carbons (Fsp3) is 0.636. The molecule has 6 nitrogen and oxygen atoms in total. The van der Waals surface area contributed by atoms with Crippen molar-refractivity contribution in [3.8, 4) is 0 Å². The second-order valence-electron chi connectivity index (χ2n) is 8.67. The predicted molar refractivity (Wildman–Crippen MR) is 109 cm³/mol. The van der Waals surface area contributed by atoms with Crippen molar-refractivity contribution in [2.45, 2.75) is 64.6 Å². The van der Waals surface area contributed by atoms with Crippen molar-refractivity contribution >= 4 is 12.0 Å². The van der Waals surface area contributed by atoms with Gasteiger partial charge in [0.1, 0.15) is 0 Å². The number of carbonyl (C=O) groups excluding carboxylic acids is 1. The molecule has 0 aromatic heterocycles. The van der Waals surface area contributed by atoms with Crippen LogP contribution in [0.15, 0.2) is 24.3 Å². The fourth-order valence-electron chi connectivity index (χ4n) is 4.40. The molecular formula is C22H33N3O3. The molecule has 1 atom stereocenters. The number of benzene rings is 1. The molecule has 1 heterocycles. The second kappa shape index (κ2) is 8.95. The smallest absolute Gasteiger partial charge is 0.317 e. The van der Waals surface area contributed by atoms with Gasteiger partial charge in [-0.2, -0.15) is 0 Å². The largest absolute Gasteiger partial charge is 0.481 e. The molecule has 3 rings (SSSR count). The van der Waals surface area contributed by atoms with Crippen LogP contribution in [0.1, 0.15) is 56.6 Å². The lowest BCUT2D eigenvalue weighted by Crippen LogP contribution is -2.40. The van der Waals surface area contributed by atoms with Crippen LogP contribution in [0, 0.1) is 5.41 Å². The summed E-state index contributed by atoms with van der Waals surface area (Å²) < 4.78 is 0. The molecule has 2 N–H and O–H groups in total. The van der Waals surface area contributed by atoms with Crippen molar-refractivity contribution in [1.29, 1.82) is 0 Å². The third kappa shape index (κ3) is 4.85. The molecule has 1 aromatic carbocycles. The van der Waals surface area contributed by atoms with Crippen LogP contribution in [0.2, 0.25) is 0 Å². The highest BCUT2D eigenvalue weighted by Gasteiger charge is 2.42. The standard InChI is InChI=1S/C22H33N3O3/c1-22(20(26)27)12-13-25(16-22)21(28)23-14-17-8-6-7-9-18(17)15-24(2)19-10-4-3-5-11-19/h6-9,19H,3-5,10-16H2,1-2H3,(H,23,28)(H,26,27). The summed E-state index contributed by atoms with van der Waals surface area (Å²) in [5, 5.41) is 12.3. The zero-order valence-corrected chi connectivity index (χ0v) is 17.1. The van der Waals surface area contributed by atoms with Gasteiger partial charge in [-0.15, -0.1) is 0 Å². The average molecular weight is 388 g/mol. The van der Waals surface area contributed by atoms with Crippen LogP contribution < -0.4 is 5.32 Å². The number of carboxylic acid groups (broad SMARTS) is 1. The van der Waals surface area contributed by atoms with Gasteiger partial charge >= 0.3 is 12.0 Å². The van der Waals surface area contributed by atoms with Gasteiger partial charge in [-0.05, 0) is 44.4 Å². The Bertz CT molecular complexity index is 702. The lowest BCUT2D eigenvalue weighted by atomic mass is 9.90. The third-order valence-electron chi connectivity index (χ3n) is 6.44. The maximum Gasteiger partial charge on any atom is 0.317 e. The monoisotopic (exact) mass is 387 g/mol. The van der Waals surface area contributed by atoms with Gasteiger partial charge in [0.2, 0.25) is 0 Å². The van der Waals surface area contributed by atoms with E-state index in [0.29, 0.717) is 25.6 Å². The summed E-state index contributed by atoms with van der Waals surface area (Å²) in [4.78, 5) is 28.0. The number of urea groups is 1. The van der Waals surface area contributed by atoms with Gasteiger partial charge in [-0.1, -0.05) is 43.5 Å². The Morgan fingerprint density at radius 1 is 1.21 bits per heavy atom. The van der Waals surface area contributed by atoms with E-state index >= 15 is 0 Å². The Labute approximate surface area is 167 Å². The number of nitrogens with one attached hydrogen (secondary N) is 1. The molecule has 154 valence electrons. The van der Waals surface area contributed by atoms with E-state index in [1.54, 1.807) is 11.8 Å². The van der Waals surface area contributed by atoms with Gasteiger partial charge in [0, 0.05) is 32.2 Å². The minimum Gasteiger partial charge on any atom is -0.481 e. The topological polar surface area (TPSA) is 72.9 Å². The van der Waals surface area contributed by atoms with E-state index in [1.807, 2.05) is 12.1 Å². The van der Waals surface area contributed by atoms with Crippen molar-refractivity contribution in [3.63, 3.8) is 0 Å². The first-order valence-electron chi connectivity index (χ1n) is 10.4. The van der Waals surface area contributed by atoms with Crippen molar-refractivity contribution in [2.75, 3.05) is 20.1 Å². The van der Waals surface area contributed by atoms with E-state index in [1.165, 1.54) is 37.7 Å². The molecule has 1 aromatic rings. The van der Waals surface area contributed by atoms with Crippen molar-refractivity contribution < 1.29 is 14.7 Å². The highest BCUT2D eigenvalue weighted by atomic mass is 16.4. The number of aliphatic carboxylic acids is 1. The lowest BCUT2D eigenvalue weighted by molar-refractivity contribution is -0.147. The Balaban J connectivity index is 1.56. The summed E-state index contributed by atoms with van der Waals surface area (Å²) in [5.74, 6) is -0.834. The van der Waals surface area contributed by atoms with Gasteiger partial charge < -0.3 is 15.3 Å². The van der Waals surface area contributed by atoms with Gasteiger partial charge in [-0.3, -0.25) is 9.69 Å². The minimum absolute atomic E-state index is 0.180. The van der Waals surface area contributed by atoms with Gasteiger partial charge in [-0.25, -0.2) is 4.79 Å². The molecule has 1 aliphatic carbocycles. The highest BCUT2D eigenvalue weighted by molar-refractivity contribution is 5.79. The number of carbonyl (C=O) groups is 2. The molecule has 1 saturated carbocycles. The number of carboxylic acids is 1. The molecule has 0 radical (unpaired) electrons. The van der Waals surface area contributed by atoms with Gasteiger partial charge in [0.05, 0.1) is 5.41 Å². The number of hydrogen-bond donors (Lipinski definition) is 2. The Morgan fingerprint density at radius 2 is 1.89 bits per heavy atom. The predicted octanol–water partition coefficient (Wildman–Crippen LogP) is 3.46. The number of likely N-dealkylation sites (tertiary alicyclic amines) is 1. The summed E-state index contributed by atoms with van der Waals surface area (Å²) in [5.41, 5.74) is 1.53. The average Bonchev–Trinajstić information content (AvgIpc) is 3.11. The molecule has 0 spiro atoms. The van der Waals surface area contributed by atoms with Crippen molar-refractivity contribution in [1.82, 2.24) is 15.1 Å². The molecule has 2 fully saturated rings. The molecule has 2 aliphatic rings. The van der Waals surface area contributed by atoms with E-state index in [-0.39, 0.29) is 12.6 Å². The number of nitrogens with zero attached hydrogens (tertiary/aromatic N) is 2. The Morgan fingerprint density at radius 3 is 2.54 bits per heavy atom. The molecule has 28 heavy (non-hydrogen) atoms. The Kier molecular flexibility index (Phi) is 6.60. The molecule has 1 saturated heterocycles. The first-order valence-corrected chi connectivity index (χ1v) is 10.4. The SMILES string of the molecule is CN(Cc1ccccc1CNC(=O)N1CCC(C)(C(=O)O)C1)C1CCCCC1. The van der Waals surface area contributed by atoms with E-state index in [9.17, 15) is 14.7 Å². The summed E-state index contributed by atoms with van der Waals surface area (Å²) in [6, 6.07) is 8.72. The van der Waals surface area contributed by atoms with Crippen LogP contribution in [0.5, 0.6) is 0 Å². The summed E-state index contributed by atoms with van der Waals surface area (Å²) in [6.07, 6.45) is 7.03. The summed E-state index contributed by atoms with van der Waals surface area (Å²) >= 11 is 0. The van der Waals surface area contributed by atoms with E-state index in [0.717, 1.165) is 12.1 Å². The molecule has 0 bridgehead atoms. The first-order chi connectivity index (χ1) is 13.4. The van der Waals surface area contributed by atoms with Crippen LogP contribution in [-0.2, 0) is 17.9 Å². The van der Waals surface area contributed by atoms with E-state index < -0.39 is 11.4 Å². The number of rotatable bonds is 6. The van der Waals surface area contributed by atoms with Crippen molar-refractivity contribution in [3.05, 3.63) is 35.4 Å². The van der Waals surface area contributed by atoms with Crippen LogP contribution in [0.25, 0.3) is 0 Å². The fourth-order valence-corrected chi connectivity index (χ4v) is 4.40. The highest BCUT2D eigenvalue weighted by Crippen LogP contribution is 2.30. The quantitative estimate of drug-likeness (QED) is 0.784. The van der Waals surface area contributed by atoms with Gasteiger partial charge in [0.15, 0.2) is 0 Å². The first kappa shape index (κ1) is 20.6. The molecule has 2 amide bonds. The Hall–Kier alpha value is -2.08. The molecular weight excluding hydrogens is 354 g/mol. The van der Waals surface area contributed by atoms with Gasteiger partial charge in [0.25, 0.3) is 0 Å². The van der Waals surface area contributed by atoms with E-state index in [4.69, 9.17) is 0 Å². The molecule has 1 aliphatic heterocycles. The maximum absolute atomic E-state index is 12.5. The van der Waals surface area contributed by atoms with Crippen LogP contribution in [0.4, 0.5) is 4.79 Å². The minimum atomic E-state index is -0.835. The molecule has 6 heteroatoms. The zero-order chi connectivity index (χ0) is 20.1. The third-order valence-corrected chi connectivity index (χ3v) is 6.44. The lowest BCUT2D eigenvalue weighted by Gasteiger charge is -2.31.